The number of aryl methyl sites for hydroxylation is 4. The Balaban J connectivity index is 1.05. The van der Waals surface area contributed by atoms with Gasteiger partial charge in [-0.1, -0.05) is 78.9 Å². The van der Waals surface area contributed by atoms with Crippen molar-refractivity contribution in [2.45, 2.75) is 34.6 Å². The molecule has 0 amide bonds. The molecular weight excluding hydrogens is 721 g/mol. The van der Waals surface area contributed by atoms with E-state index in [0.717, 1.165) is 88.2 Å². The lowest BCUT2D eigenvalue weighted by Gasteiger charge is -2.29. The maximum atomic E-state index is 6.86. The van der Waals surface area contributed by atoms with Crippen LogP contribution < -0.4 is 9.80 Å². The third kappa shape index (κ3) is 5.59. The van der Waals surface area contributed by atoms with Gasteiger partial charge in [0.25, 0.3) is 0 Å². The second-order valence-electron chi connectivity index (χ2n) is 16.0. The monoisotopic (exact) mass is 762 g/mol. The molecule has 0 aliphatic carbocycles. The Morgan fingerprint density at radius 2 is 0.881 bits per heavy atom. The van der Waals surface area contributed by atoms with Gasteiger partial charge in [-0.2, -0.15) is 0 Å². The molecule has 4 nitrogen and oxygen atoms in total. The zero-order chi connectivity index (χ0) is 39.9. The number of hydrogen-bond donors (Lipinski definition) is 0. The van der Waals surface area contributed by atoms with Gasteiger partial charge in [0, 0.05) is 38.9 Å². The molecule has 0 unspecified atom stereocenters. The van der Waals surface area contributed by atoms with Crippen LogP contribution in [-0.4, -0.2) is 0 Å². The summed E-state index contributed by atoms with van der Waals surface area (Å²) in [4.78, 5) is 4.75. The highest BCUT2D eigenvalue weighted by Crippen LogP contribution is 2.45. The van der Waals surface area contributed by atoms with E-state index in [1.807, 2.05) is 0 Å². The van der Waals surface area contributed by atoms with Crippen molar-refractivity contribution in [3.8, 4) is 0 Å². The Kier molecular flexibility index (Phi) is 7.92. The van der Waals surface area contributed by atoms with E-state index < -0.39 is 0 Å². The number of hydrogen-bond acceptors (Lipinski definition) is 4. The van der Waals surface area contributed by atoms with Crippen LogP contribution in [0.15, 0.2) is 173 Å². The van der Waals surface area contributed by atoms with Crippen molar-refractivity contribution in [2.24, 2.45) is 0 Å². The van der Waals surface area contributed by atoms with E-state index >= 15 is 0 Å². The van der Waals surface area contributed by atoms with Gasteiger partial charge in [0.15, 0.2) is 0 Å². The number of furan rings is 2. The van der Waals surface area contributed by atoms with E-state index in [1.54, 1.807) is 0 Å². The fraction of sp³-hybridized carbons (Fsp3) is 0.0909. The molecular formula is C55H42N2O2. The lowest BCUT2D eigenvalue weighted by Crippen LogP contribution is -2.13. The molecule has 2 aromatic heterocycles. The second kappa shape index (κ2) is 13.4. The Bertz CT molecular complexity index is 3430. The Morgan fingerprint density at radius 3 is 1.51 bits per heavy atom. The van der Waals surface area contributed by atoms with Crippen molar-refractivity contribution in [1.29, 1.82) is 0 Å². The van der Waals surface area contributed by atoms with Gasteiger partial charge in [-0.25, -0.2) is 0 Å². The molecule has 0 N–H and O–H groups in total. The summed E-state index contributed by atoms with van der Waals surface area (Å²) in [5.74, 6) is 0. The fourth-order valence-corrected chi connectivity index (χ4v) is 9.24. The summed E-state index contributed by atoms with van der Waals surface area (Å²) < 4.78 is 13.5. The summed E-state index contributed by atoms with van der Waals surface area (Å²) in [5, 5.41) is 8.79. The van der Waals surface area contributed by atoms with Crippen molar-refractivity contribution in [3.63, 3.8) is 0 Å². The third-order valence-electron chi connectivity index (χ3n) is 12.3. The lowest BCUT2D eigenvalue weighted by atomic mass is 10.00. The summed E-state index contributed by atoms with van der Waals surface area (Å²) in [6, 6.07) is 58.9. The highest BCUT2D eigenvalue weighted by molar-refractivity contribution is 6.24. The van der Waals surface area contributed by atoms with Gasteiger partial charge in [-0.3, -0.25) is 0 Å². The van der Waals surface area contributed by atoms with E-state index in [4.69, 9.17) is 8.83 Å². The van der Waals surface area contributed by atoms with E-state index in [0.29, 0.717) is 0 Å². The van der Waals surface area contributed by atoms with Crippen LogP contribution in [0.2, 0.25) is 0 Å². The zero-order valence-corrected chi connectivity index (χ0v) is 33.8. The molecule has 0 aliphatic heterocycles. The van der Waals surface area contributed by atoms with Crippen LogP contribution in [0.25, 0.3) is 65.4 Å². The zero-order valence-electron chi connectivity index (χ0n) is 33.8. The SMILES string of the molecule is Cc1ccc(C)c(N(c2ccccc2)c2ccc3cc4c(cc3c2)oc2ccc3c5cc6ccc(N(c7ccccc7)c7c(C)cccc7C)cc6cc5oc3c24)c1C. The highest BCUT2D eigenvalue weighted by atomic mass is 16.3. The predicted molar refractivity (Wildman–Crippen MR) is 249 cm³/mol. The normalized spacial score (nSPS) is 11.8. The van der Waals surface area contributed by atoms with Crippen molar-refractivity contribution in [3.05, 3.63) is 192 Å². The Hall–Kier alpha value is -7.30. The molecule has 0 aliphatic rings. The number of nitrogens with zero attached hydrogens (tertiary/aromatic N) is 2. The minimum absolute atomic E-state index is 0.818. The van der Waals surface area contributed by atoms with Crippen LogP contribution in [0.1, 0.15) is 27.8 Å². The molecule has 11 aromatic rings. The van der Waals surface area contributed by atoms with Gasteiger partial charge < -0.3 is 18.6 Å². The van der Waals surface area contributed by atoms with Gasteiger partial charge >= 0.3 is 0 Å². The minimum atomic E-state index is 0.818. The van der Waals surface area contributed by atoms with E-state index in [-0.39, 0.29) is 0 Å². The van der Waals surface area contributed by atoms with Gasteiger partial charge in [-0.15, -0.1) is 0 Å². The van der Waals surface area contributed by atoms with Gasteiger partial charge in [-0.05, 0) is 169 Å². The molecule has 0 fully saturated rings. The fourth-order valence-electron chi connectivity index (χ4n) is 9.24. The lowest BCUT2D eigenvalue weighted by molar-refractivity contribution is 0.663. The van der Waals surface area contributed by atoms with E-state index in [9.17, 15) is 0 Å². The third-order valence-corrected chi connectivity index (χ3v) is 12.3. The van der Waals surface area contributed by atoms with Crippen molar-refractivity contribution < 1.29 is 8.83 Å². The number of rotatable bonds is 6. The summed E-state index contributed by atoms with van der Waals surface area (Å²) in [6.07, 6.45) is 0. The Labute approximate surface area is 343 Å². The molecule has 0 bridgehead atoms. The maximum Gasteiger partial charge on any atom is 0.147 e. The standard InChI is InChI=1S/C55H42N2O2/c1-33-19-20-36(4)54(37(33)5)57(43-17-10-7-11-18-43)45-24-22-39-30-48-51(32-41(39)28-45)58-49-26-25-46-47-29-38-21-23-44(27-40(38)31-50(47)59-55(46)52(48)49)56(42-15-8-6-9-16-42)53-34(2)13-12-14-35(53)3/h6-32H,1-5H3. The number of anilines is 6. The quantitative estimate of drug-likeness (QED) is 0.169. The van der Waals surface area contributed by atoms with Crippen LogP contribution >= 0.6 is 0 Å². The first-order valence-corrected chi connectivity index (χ1v) is 20.3. The molecule has 0 spiro atoms. The smallest absolute Gasteiger partial charge is 0.147 e. The molecule has 4 heteroatoms. The Morgan fingerprint density at radius 1 is 0.339 bits per heavy atom. The first-order valence-electron chi connectivity index (χ1n) is 20.3. The van der Waals surface area contributed by atoms with Crippen LogP contribution in [0.3, 0.4) is 0 Å². The van der Waals surface area contributed by atoms with Crippen molar-refractivity contribution in [1.82, 2.24) is 0 Å². The van der Waals surface area contributed by atoms with Crippen LogP contribution in [0.5, 0.6) is 0 Å². The molecule has 59 heavy (non-hydrogen) atoms. The molecule has 0 radical (unpaired) electrons. The molecule has 284 valence electrons. The molecule has 9 aromatic carbocycles. The highest BCUT2D eigenvalue weighted by Gasteiger charge is 2.22. The molecule has 11 rings (SSSR count). The predicted octanol–water partition coefficient (Wildman–Crippen LogP) is 16.3. The largest absolute Gasteiger partial charge is 0.456 e. The van der Waals surface area contributed by atoms with E-state index in [1.165, 1.54) is 39.2 Å². The summed E-state index contributed by atoms with van der Waals surface area (Å²) in [6.45, 7) is 11.0. The van der Waals surface area contributed by atoms with Gasteiger partial charge in [0.05, 0.1) is 16.8 Å². The summed E-state index contributed by atoms with van der Waals surface area (Å²) in [7, 11) is 0. The van der Waals surface area contributed by atoms with Crippen LogP contribution in [-0.2, 0) is 0 Å². The second-order valence-corrected chi connectivity index (χ2v) is 16.0. The van der Waals surface area contributed by atoms with Gasteiger partial charge in [0.2, 0.25) is 0 Å². The van der Waals surface area contributed by atoms with Crippen molar-refractivity contribution >= 4 is 99.5 Å². The topological polar surface area (TPSA) is 32.8 Å². The van der Waals surface area contributed by atoms with Crippen LogP contribution in [0.4, 0.5) is 34.1 Å². The minimum Gasteiger partial charge on any atom is -0.456 e. The first kappa shape index (κ1) is 34.9. The molecule has 0 saturated carbocycles. The number of benzene rings is 9. The van der Waals surface area contributed by atoms with E-state index in [2.05, 4.69) is 208 Å². The summed E-state index contributed by atoms with van der Waals surface area (Å²) in [5.41, 5.74) is 16.5. The summed E-state index contributed by atoms with van der Waals surface area (Å²) >= 11 is 0. The number of fused-ring (bicyclic) bond motifs is 9. The average molecular weight is 763 g/mol. The van der Waals surface area contributed by atoms with Gasteiger partial charge in [0.1, 0.15) is 22.3 Å². The maximum absolute atomic E-state index is 6.86. The van der Waals surface area contributed by atoms with Crippen molar-refractivity contribution in [2.75, 3.05) is 9.80 Å². The van der Waals surface area contributed by atoms with Crippen LogP contribution in [0, 0.1) is 34.6 Å². The molecule has 2 heterocycles. The number of para-hydroxylation sites is 3. The molecule has 0 atom stereocenters. The first-order chi connectivity index (χ1) is 28.8. The average Bonchev–Trinajstić information content (AvgIpc) is 3.80. The molecule has 0 saturated heterocycles.